The van der Waals surface area contributed by atoms with Gasteiger partial charge < -0.3 is 5.32 Å². The fraction of sp³-hybridized carbons (Fsp3) is 0.417. The van der Waals surface area contributed by atoms with E-state index in [0.29, 0.717) is 0 Å². The van der Waals surface area contributed by atoms with Gasteiger partial charge in [0, 0.05) is 36.7 Å². The Labute approximate surface area is 101 Å². The van der Waals surface area contributed by atoms with Crippen LogP contribution in [-0.2, 0) is 13.1 Å². The molecule has 0 spiro atoms. The third-order valence-corrected chi connectivity index (χ3v) is 2.72. The first kappa shape index (κ1) is 11.7. The van der Waals surface area contributed by atoms with Gasteiger partial charge in [-0.1, -0.05) is 0 Å². The van der Waals surface area contributed by atoms with Gasteiger partial charge in [-0.15, -0.1) is 0 Å². The molecule has 2 N–H and O–H groups in total. The highest BCUT2D eigenvalue weighted by molar-refractivity contribution is 5.22. The number of aromatic nitrogens is 4. The molecule has 90 valence electrons. The minimum atomic E-state index is 0.720. The fourth-order valence-corrected chi connectivity index (χ4v) is 1.66. The molecule has 0 atom stereocenters. The molecular formula is C12H17N5. The predicted octanol–water partition coefficient (Wildman–Crippen LogP) is 1.41. The smallest absolute Gasteiger partial charge is 0.0724 e. The average molecular weight is 231 g/mol. The summed E-state index contributed by atoms with van der Waals surface area (Å²) in [5, 5.41) is 10.5. The van der Waals surface area contributed by atoms with Crippen LogP contribution in [0.2, 0.25) is 0 Å². The molecular weight excluding hydrogens is 214 g/mol. The average Bonchev–Trinajstić information content (AvgIpc) is 2.63. The minimum absolute atomic E-state index is 0.720. The van der Waals surface area contributed by atoms with E-state index < -0.39 is 0 Å². The number of hydrogen-bond acceptors (Lipinski definition) is 4. The van der Waals surface area contributed by atoms with E-state index in [1.807, 2.05) is 20.8 Å². The van der Waals surface area contributed by atoms with Gasteiger partial charge in [0.05, 0.1) is 17.1 Å². The largest absolute Gasteiger partial charge is 0.307 e. The van der Waals surface area contributed by atoms with E-state index >= 15 is 0 Å². The van der Waals surface area contributed by atoms with E-state index in [2.05, 4.69) is 25.5 Å². The van der Waals surface area contributed by atoms with Crippen LogP contribution in [0.4, 0.5) is 0 Å². The van der Waals surface area contributed by atoms with Crippen molar-refractivity contribution in [2.75, 3.05) is 0 Å². The molecule has 17 heavy (non-hydrogen) atoms. The van der Waals surface area contributed by atoms with Gasteiger partial charge in [-0.25, -0.2) is 0 Å². The number of H-pyrrole nitrogens is 1. The van der Waals surface area contributed by atoms with Crippen LogP contribution in [-0.4, -0.2) is 20.2 Å². The molecule has 0 amide bonds. The maximum Gasteiger partial charge on any atom is 0.0724 e. The Bertz CT molecular complexity index is 467. The Kier molecular flexibility index (Phi) is 3.49. The van der Waals surface area contributed by atoms with E-state index in [0.717, 1.165) is 35.9 Å². The molecule has 5 heteroatoms. The summed E-state index contributed by atoms with van der Waals surface area (Å²) in [7, 11) is 0. The SMILES string of the molecule is Cc1cnc(CNCc2c(C)n[nH]c2C)cn1. The highest BCUT2D eigenvalue weighted by Crippen LogP contribution is 2.08. The lowest BCUT2D eigenvalue weighted by atomic mass is 10.2. The lowest BCUT2D eigenvalue weighted by Crippen LogP contribution is -2.14. The first-order valence-corrected chi connectivity index (χ1v) is 5.65. The van der Waals surface area contributed by atoms with Crippen molar-refractivity contribution in [2.24, 2.45) is 0 Å². The zero-order chi connectivity index (χ0) is 12.3. The number of aromatic amines is 1. The Morgan fingerprint density at radius 3 is 2.53 bits per heavy atom. The maximum atomic E-state index is 4.29. The molecule has 0 aliphatic heterocycles. The summed E-state index contributed by atoms with van der Waals surface area (Å²) in [4.78, 5) is 8.50. The van der Waals surface area contributed by atoms with Crippen LogP contribution < -0.4 is 5.32 Å². The number of hydrogen-bond donors (Lipinski definition) is 2. The Balaban J connectivity index is 1.90. The lowest BCUT2D eigenvalue weighted by Gasteiger charge is -2.04. The molecule has 0 aromatic carbocycles. The van der Waals surface area contributed by atoms with Crippen LogP contribution in [0.15, 0.2) is 12.4 Å². The van der Waals surface area contributed by atoms with Crippen molar-refractivity contribution < 1.29 is 0 Å². The van der Waals surface area contributed by atoms with E-state index in [4.69, 9.17) is 0 Å². The van der Waals surface area contributed by atoms with Gasteiger partial charge in [-0.05, 0) is 20.8 Å². The van der Waals surface area contributed by atoms with Crippen molar-refractivity contribution in [3.05, 3.63) is 40.7 Å². The topological polar surface area (TPSA) is 66.5 Å². The quantitative estimate of drug-likeness (QED) is 0.835. The minimum Gasteiger partial charge on any atom is -0.307 e. The molecule has 0 unspecified atom stereocenters. The van der Waals surface area contributed by atoms with Crippen molar-refractivity contribution in [1.29, 1.82) is 0 Å². The van der Waals surface area contributed by atoms with Gasteiger partial charge in [-0.2, -0.15) is 5.10 Å². The molecule has 2 heterocycles. The lowest BCUT2D eigenvalue weighted by molar-refractivity contribution is 0.671. The van der Waals surface area contributed by atoms with Crippen LogP contribution in [0.5, 0.6) is 0 Å². The van der Waals surface area contributed by atoms with E-state index in [1.165, 1.54) is 5.56 Å². The highest BCUT2D eigenvalue weighted by Gasteiger charge is 2.05. The monoisotopic (exact) mass is 231 g/mol. The second-order valence-electron chi connectivity index (χ2n) is 4.17. The van der Waals surface area contributed by atoms with E-state index in [9.17, 15) is 0 Å². The molecule has 0 fully saturated rings. The van der Waals surface area contributed by atoms with Gasteiger partial charge >= 0.3 is 0 Å². The van der Waals surface area contributed by atoms with Crippen molar-refractivity contribution in [1.82, 2.24) is 25.5 Å². The molecule has 0 aliphatic rings. The molecule has 0 aliphatic carbocycles. The van der Waals surface area contributed by atoms with Gasteiger partial charge in [0.1, 0.15) is 0 Å². The zero-order valence-corrected chi connectivity index (χ0v) is 10.4. The summed E-state index contributed by atoms with van der Waals surface area (Å²) in [6.07, 6.45) is 3.59. The Morgan fingerprint density at radius 2 is 1.94 bits per heavy atom. The second-order valence-corrected chi connectivity index (χ2v) is 4.17. The summed E-state index contributed by atoms with van der Waals surface area (Å²) in [6.45, 7) is 7.48. The van der Waals surface area contributed by atoms with Crippen LogP contribution in [0.3, 0.4) is 0 Å². The van der Waals surface area contributed by atoms with Crippen molar-refractivity contribution in [3.8, 4) is 0 Å². The normalized spacial score (nSPS) is 10.8. The molecule has 0 bridgehead atoms. The number of rotatable bonds is 4. The zero-order valence-electron chi connectivity index (χ0n) is 10.4. The highest BCUT2D eigenvalue weighted by atomic mass is 15.1. The van der Waals surface area contributed by atoms with Gasteiger partial charge in [-0.3, -0.25) is 15.1 Å². The number of nitrogens with zero attached hydrogens (tertiary/aromatic N) is 3. The third kappa shape index (κ3) is 2.88. The number of nitrogens with one attached hydrogen (secondary N) is 2. The Morgan fingerprint density at radius 1 is 1.12 bits per heavy atom. The molecule has 0 radical (unpaired) electrons. The summed E-state index contributed by atoms with van der Waals surface area (Å²) < 4.78 is 0. The predicted molar refractivity (Wildman–Crippen MR) is 65.4 cm³/mol. The molecule has 2 rings (SSSR count). The van der Waals surface area contributed by atoms with Gasteiger partial charge in [0.15, 0.2) is 0 Å². The molecule has 5 nitrogen and oxygen atoms in total. The molecule has 0 saturated carbocycles. The number of aryl methyl sites for hydroxylation is 3. The first-order chi connectivity index (χ1) is 8.16. The van der Waals surface area contributed by atoms with Crippen LogP contribution >= 0.6 is 0 Å². The standard InChI is InChI=1S/C12H17N5/c1-8-4-15-11(6-14-8)5-13-7-12-9(2)16-17-10(12)3/h4,6,13H,5,7H2,1-3H3,(H,16,17). The summed E-state index contributed by atoms with van der Waals surface area (Å²) in [5.41, 5.74) is 5.28. The summed E-state index contributed by atoms with van der Waals surface area (Å²) >= 11 is 0. The molecule has 2 aromatic rings. The molecule has 2 aromatic heterocycles. The van der Waals surface area contributed by atoms with Crippen molar-refractivity contribution in [3.63, 3.8) is 0 Å². The van der Waals surface area contributed by atoms with E-state index in [-0.39, 0.29) is 0 Å². The third-order valence-electron chi connectivity index (χ3n) is 2.72. The second kappa shape index (κ2) is 5.05. The van der Waals surface area contributed by atoms with Gasteiger partial charge in [0.2, 0.25) is 0 Å². The summed E-state index contributed by atoms with van der Waals surface area (Å²) in [6, 6.07) is 0. The van der Waals surface area contributed by atoms with Crippen LogP contribution in [0.1, 0.15) is 28.3 Å². The fourth-order valence-electron chi connectivity index (χ4n) is 1.66. The van der Waals surface area contributed by atoms with Crippen LogP contribution in [0, 0.1) is 20.8 Å². The maximum absolute atomic E-state index is 4.29. The van der Waals surface area contributed by atoms with Crippen molar-refractivity contribution >= 4 is 0 Å². The Hall–Kier alpha value is -1.75. The molecule has 0 saturated heterocycles. The van der Waals surface area contributed by atoms with Crippen LogP contribution in [0.25, 0.3) is 0 Å². The van der Waals surface area contributed by atoms with Crippen molar-refractivity contribution in [2.45, 2.75) is 33.9 Å². The summed E-state index contributed by atoms with van der Waals surface area (Å²) in [5.74, 6) is 0. The van der Waals surface area contributed by atoms with Gasteiger partial charge in [0.25, 0.3) is 0 Å². The van der Waals surface area contributed by atoms with E-state index in [1.54, 1.807) is 12.4 Å². The first-order valence-electron chi connectivity index (χ1n) is 5.65.